The third-order valence-corrected chi connectivity index (χ3v) is 9.89. The molecule has 1 aliphatic carbocycles. The first-order valence-electron chi connectivity index (χ1n) is 16.3. The van der Waals surface area contributed by atoms with Gasteiger partial charge in [-0.05, 0) is 73.1 Å². The molecule has 222 valence electrons. The number of hydrogen-bond donors (Lipinski definition) is 0. The Labute approximate surface area is 275 Å². The molecular weight excluding hydrogens is 569 g/mol. The van der Waals surface area contributed by atoms with Gasteiger partial charge < -0.3 is 0 Å². The average Bonchev–Trinajstić information content (AvgIpc) is 3.36. The van der Waals surface area contributed by atoms with Crippen molar-refractivity contribution >= 4 is 21.5 Å². The van der Waals surface area contributed by atoms with Crippen LogP contribution >= 0.6 is 0 Å². The molecule has 0 bridgehead atoms. The maximum absolute atomic E-state index is 5.29. The van der Waals surface area contributed by atoms with E-state index in [2.05, 4.69) is 166 Å². The van der Waals surface area contributed by atoms with Crippen molar-refractivity contribution in [3.63, 3.8) is 0 Å². The van der Waals surface area contributed by atoms with Gasteiger partial charge in [-0.1, -0.05) is 153 Å². The van der Waals surface area contributed by atoms with Crippen molar-refractivity contribution in [3.05, 3.63) is 169 Å². The molecule has 1 aromatic heterocycles. The Morgan fingerprint density at radius 3 is 1.70 bits per heavy atom. The van der Waals surface area contributed by atoms with Gasteiger partial charge in [0.05, 0.1) is 11.4 Å². The molecule has 2 nitrogen and oxygen atoms in total. The van der Waals surface area contributed by atoms with Crippen molar-refractivity contribution in [1.29, 1.82) is 0 Å². The molecule has 9 rings (SSSR count). The molecule has 0 unspecified atom stereocenters. The second kappa shape index (κ2) is 10.6. The third kappa shape index (κ3) is 4.40. The topological polar surface area (TPSA) is 25.8 Å². The predicted octanol–water partition coefficient (Wildman–Crippen LogP) is 11.8. The highest BCUT2D eigenvalue weighted by Gasteiger charge is 2.37. The Morgan fingerprint density at radius 2 is 0.979 bits per heavy atom. The van der Waals surface area contributed by atoms with Crippen molar-refractivity contribution in [3.8, 4) is 56.2 Å². The van der Waals surface area contributed by atoms with Crippen LogP contribution in [0.2, 0.25) is 0 Å². The first-order valence-corrected chi connectivity index (χ1v) is 16.3. The van der Waals surface area contributed by atoms with E-state index in [1.807, 2.05) is 6.07 Å². The van der Waals surface area contributed by atoms with Crippen LogP contribution in [0.4, 0.5) is 0 Å². The molecule has 0 amide bonds. The van der Waals surface area contributed by atoms with Crippen molar-refractivity contribution in [1.82, 2.24) is 9.97 Å². The van der Waals surface area contributed by atoms with E-state index in [0.717, 1.165) is 33.9 Å². The summed E-state index contributed by atoms with van der Waals surface area (Å²) in [5.74, 6) is 0.725. The SMILES string of the molecule is CC1(C)c2cc3ccccc3cc2-c2c(-c3cc(-c4ccc(-c5ccccc5)c5ccccc45)nc(-c4ccccc4)n3)cccc21. The van der Waals surface area contributed by atoms with E-state index in [-0.39, 0.29) is 5.41 Å². The Morgan fingerprint density at radius 1 is 0.404 bits per heavy atom. The summed E-state index contributed by atoms with van der Waals surface area (Å²) in [5, 5.41) is 4.91. The van der Waals surface area contributed by atoms with Crippen molar-refractivity contribution < 1.29 is 0 Å². The normalized spacial score (nSPS) is 13.1. The second-order valence-electron chi connectivity index (χ2n) is 13.0. The number of rotatable bonds is 4. The van der Waals surface area contributed by atoms with Crippen molar-refractivity contribution in [2.24, 2.45) is 0 Å². The summed E-state index contributed by atoms with van der Waals surface area (Å²) in [5.41, 5.74) is 12.6. The molecule has 2 heteroatoms. The first-order chi connectivity index (χ1) is 23.1. The lowest BCUT2D eigenvalue weighted by Gasteiger charge is -2.22. The molecule has 8 aromatic rings. The number of benzene rings is 7. The van der Waals surface area contributed by atoms with E-state index in [1.54, 1.807) is 0 Å². The van der Waals surface area contributed by atoms with Gasteiger partial charge >= 0.3 is 0 Å². The van der Waals surface area contributed by atoms with Crippen LogP contribution in [-0.2, 0) is 5.41 Å². The summed E-state index contributed by atoms with van der Waals surface area (Å²) in [4.78, 5) is 10.5. The van der Waals surface area contributed by atoms with Crippen LogP contribution in [0.3, 0.4) is 0 Å². The van der Waals surface area contributed by atoms with Gasteiger partial charge in [0.2, 0.25) is 0 Å². The molecule has 7 aromatic carbocycles. The molecule has 47 heavy (non-hydrogen) atoms. The maximum Gasteiger partial charge on any atom is 0.160 e. The number of fused-ring (bicyclic) bond motifs is 5. The molecule has 1 aliphatic rings. The Balaban J connectivity index is 1.31. The molecule has 0 saturated carbocycles. The summed E-state index contributed by atoms with van der Waals surface area (Å²) < 4.78 is 0. The van der Waals surface area contributed by atoms with Crippen LogP contribution in [0.1, 0.15) is 25.0 Å². The summed E-state index contributed by atoms with van der Waals surface area (Å²) in [6.45, 7) is 4.69. The smallest absolute Gasteiger partial charge is 0.160 e. The lowest BCUT2D eigenvalue weighted by atomic mass is 9.81. The molecule has 0 spiro atoms. The summed E-state index contributed by atoms with van der Waals surface area (Å²) in [7, 11) is 0. The van der Waals surface area contributed by atoms with Crippen LogP contribution < -0.4 is 0 Å². The predicted molar refractivity (Wildman–Crippen MR) is 196 cm³/mol. The van der Waals surface area contributed by atoms with Crippen LogP contribution in [0.15, 0.2) is 158 Å². The zero-order chi connectivity index (χ0) is 31.5. The fourth-order valence-electron chi connectivity index (χ4n) is 7.52. The van der Waals surface area contributed by atoms with E-state index in [9.17, 15) is 0 Å². The van der Waals surface area contributed by atoms with Gasteiger partial charge in [-0.2, -0.15) is 0 Å². The third-order valence-electron chi connectivity index (χ3n) is 9.89. The standard InChI is InChI=1S/C45H32N2/c1-45(2)39-23-13-22-37(43(39)38-26-31-18-9-10-19-32(31)27-40(38)45)42-28-41(46-44(47-42)30-16-7-4-8-17-30)36-25-24-33(29-14-5-3-6-15-29)34-20-11-12-21-35(34)36/h3-28H,1-2H3. The summed E-state index contributed by atoms with van der Waals surface area (Å²) in [6, 6.07) is 56.4. The highest BCUT2D eigenvalue weighted by atomic mass is 14.9. The second-order valence-corrected chi connectivity index (χ2v) is 13.0. The summed E-state index contributed by atoms with van der Waals surface area (Å²) in [6.07, 6.45) is 0. The number of hydrogen-bond acceptors (Lipinski definition) is 2. The minimum atomic E-state index is -0.133. The Hall–Kier alpha value is -5.86. The molecule has 0 radical (unpaired) electrons. The molecule has 0 fully saturated rings. The van der Waals surface area contributed by atoms with Gasteiger partial charge in [-0.3, -0.25) is 0 Å². The quantitative estimate of drug-likeness (QED) is 0.201. The van der Waals surface area contributed by atoms with Crippen LogP contribution in [0, 0.1) is 0 Å². The molecule has 0 saturated heterocycles. The van der Waals surface area contributed by atoms with Gasteiger partial charge in [0.15, 0.2) is 5.82 Å². The minimum absolute atomic E-state index is 0.133. The van der Waals surface area contributed by atoms with Gasteiger partial charge in [0.1, 0.15) is 0 Å². The lowest BCUT2D eigenvalue weighted by molar-refractivity contribution is 0.661. The maximum atomic E-state index is 5.29. The highest BCUT2D eigenvalue weighted by Crippen LogP contribution is 2.53. The zero-order valence-electron chi connectivity index (χ0n) is 26.4. The van der Waals surface area contributed by atoms with E-state index in [4.69, 9.17) is 9.97 Å². The molecule has 0 N–H and O–H groups in total. The van der Waals surface area contributed by atoms with Crippen molar-refractivity contribution in [2.75, 3.05) is 0 Å². The fraction of sp³-hybridized carbons (Fsp3) is 0.0667. The van der Waals surface area contributed by atoms with Crippen LogP contribution in [-0.4, -0.2) is 9.97 Å². The number of nitrogens with zero attached hydrogens (tertiary/aromatic N) is 2. The van der Waals surface area contributed by atoms with E-state index >= 15 is 0 Å². The van der Waals surface area contributed by atoms with Crippen LogP contribution in [0.5, 0.6) is 0 Å². The Kier molecular flexibility index (Phi) is 6.20. The molecular formula is C45H32N2. The lowest BCUT2D eigenvalue weighted by Crippen LogP contribution is -2.14. The zero-order valence-corrected chi connectivity index (χ0v) is 26.4. The largest absolute Gasteiger partial charge is 0.228 e. The Bertz CT molecular complexity index is 2480. The minimum Gasteiger partial charge on any atom is -0.228 e. The first kappa shape index (κ1) is 27.5. The van der Waals surface area contributed by atoms with Crippen LogP contribution in [0.25, 0.3) is 77.7 Å². The van der Waals surface area contributed by atoms with E-state index < -0.39 is 0 Å². The van der Waals surface area contributed by atoms with Gasteiger partial charge in [0.25, 0.3) is 0 Å². The fourth-order valence-corrected chi connectivity index (χ4v) is 7.52. The molecule has 1 heterocycles. The van der Waals surface area contributed by atoms with E-state index in [1.165, 1.54) is 54.9 Å². The van der Waals surface area contributed by atoms with E-state index in [0.29, 0.717) is 0 Å². The molecule has 0 atom stereocenters. The summed E-state index contributed by atoms with van der Waals surface area (Å²) >= 11 is 0. The average molecular weight is 601 g/mol. The van der Waals surface area contributed by atoms with Gasteiger partial charge in [-0.15, -0.1) is 0 Å². The number of aromatic nitrogens is 2. The molecule has 0 aliphatic heterocycles. The monoisotopic (exact) mass is 600 g/mol. The van der Waals surface area contributed by atoms with Gasteiger partial charge in [-0.25, -0.2) is 9.97 Å². The van der Waals surface area contributed by atoms with Crippen molar-refractivity contribution in [2.45, 2.75) is 19.3 Å². The van der Waals surface area contributed by atoms with Gasteiger partial charge in [0, 0.05) is 22.1 Å². The highest BCUT2D eigenvalue weighted by molar-refractivity contribution is 6.05.